The second-order valence-electron chi connectivity index (χ2n) is 4.45. The topological polar surface area (TPSA) is 72.2 Å². The van der Waals surface area contributed by atoms with Crippen LogP contribution in [0.2, 0.25) is 0 Å². The average Bonchev–Trinajstić information content (AvgIpc) is 2.49. The normalized spacial score (nSPS) is 11.7. The Bertz CT molecular complexity index is 709. The largest absolute Gasteiger partial charge is 0.319 e. The molecule has 1 amide bonds. The Balaban J connectivity index is 2.09. The SMILES string of the molecule is CC(Sc1ccccc1Br)C(=O)Nc1ccccc1[N+](=O)[O-]. The Kier molecular flexibility index (Phi) is 5.57. The molecule has 0 saturated carbocycles. The fourth-order valence-electron chi connectivity index (χ4n) is 1.76. The quantitative estimate of drug-likeness (QED) is 0.471. The number of nitrogens with zero attached hydrogens (tertiary/aromatic N) is 1. The van der Waals surface area contributed by atoms with Gasteiger partial charge in [0.05, 0.1) is 10.2 Å². The van der Waals surface area contributed by atoms with E-state index in [-0.39, 0.29) is 17.3 Å². The number of hydrogen-bond acceptors (Lipinski definition) is 4. The lowest BCUT2D eigenvalue weighted by molar-refractivity contribution is -0.383. The second-order valence-corrected chi connectivity index (χ2v) is 6.69. The highest BCUT2D eigenvalue weighted by molar-refractivity contribution is 9.10. The zero-order chi connectivity index (χ0) is 16.1. The minimum atomic E-state index is -0.513. The first-order chi connectivity index (χ1) is 10.5. The molecule has 114 valence electrons. The zero-order valence-corrected chi connectivity index (χ0v) is 14.1. The van der Waals surface area contributed by atoms with E-state index in [9.17, 15) is 14.9 Å². The standard InChI is InChI=1S/C15H13BrN2O3S/c1-10(22-14-9-5-2-6-11(14)16)15(19)17-12-7-3-4-8-13(12)18(20)21/h2-10H,1H3,(H,17,19). The molecule has 7 heteroatoms. The molecule has 0 saturated heterocycles. The summed E-state index contributed by atoms with van der Waals surface area (Å²) in [5.74, 6) is -0.282. The summed E-state index contributed by atoms with van der Waals surface area (Å²) < 4.78 is 0.908. The van der Waals surface area contributed by atoms with E-state index in [2.05, 4.69) is 21.2 Å². The van der Waals surface area contributed by atoms with Gasteiger partial charge in [-0.2, -0.15) is 0 Å². The van der Waals surface area contributed by atoms with Crippen LogP contribution in [0.5, 0.6) is 0 Å². The molecule has 22 heavy (non-hydrogen) atoms. The van der Waals surface area contributed by atoms with Gasteiger partial charge in [-0.05, 0) is 41.1 Å². The summed E-state index contributed by atoms with van der Waals surface area (Å²) in [4.78, 5) is 23.6. The van der Waals surface area contributed by atoms with E-state index in [0.29, 0.717) is 0 Å². The molecule has 0 aliphatic rings. The van der Waals surface area contributed by atoms with E-state index in [4.69, 9.17) is 0 Å². The molecular formula is C15H13BrN2O3S. The van der Waals surface area contributed by atoms with Gasteiger partial charge in [0.25, 0.3) is 5.69 Å². The molecule has 2 rings (SSSR count). The van der Waals surface area contributed by atoms with Crippen LogP contribution in [0.1, 0.15) is 6.92 Å². The van der Waals surface area contributed by atoms with Gasteiger partial charge in [-0.1, -0.05) is 24.3 Å². The number of rotatable bonds is 5. The van der Waals surface area contributed by atoms with Gasteiger partial charge in [-0.15, -0.1) is 11.8 Å². The smallest absolute Gasteiger partial charge is 0.292 e. The number of para-hydroxylation sites is 2. The second kappa shape index (κ2) is 7.42. The van der Waals surface area contributed by atoms with Crippen molar-refractivity contribution < 1.29 is 9.72 Å². The number of carbonyl (C=O) groups excluding carboxylic acids is 1. The third kappa shape index (κ3) is 4.08. The van der Waals surface area contributed by atoms with E-state index in [1.165, 1.54) is 23.9 Å². The number of hydrogen-bond donors (Lipinski definition) is 1. The third-order valence-corrected chi connectivity index (χ3v) is 5.00. The first kappa shape index (κ1) is 16.5. The molecule has 0 fully saturated rings. The minimum absolute atomic E-state index is 0.117. The zero-order valence-electron chi connectivity index (χ0n) is 11.7. The fourth-order valence-corrected chi connectivity index (χ4v) is 3.21. The predicted octanol–water partition coefficient (Wildman–Crippen LogP) is 4.48. The molecule has 0 bridgehead atoms. The lowest BCUT2D eigenvalue weighted by atomic mass is 10.2. The predicted molar refractivity (Wildman–Crippen MR) is 91.2 cm³/mol. The monoisotopic (exact) mass is 380 g/mol. The molecule has 1 atom stereocenters. The lowest BCUT2D eigenvalue weighted by Gasteiger charge is -2.13. The van der Waals surface area contributed by atoms with Crippen LogP contribution >= 0.6 is 27.7 Å². The molecule has 5 nitrogen and oxygen atoms in total. The Hall–Kier alpha value is -1.86. The molecule has 0 aromatic heterocycles. The molecule has 0 spiro atoms. The Morgan fingerprint density at radius 3 is 2.55 bits per heavy atom. The maximum atomic E-state index is 12.2. The highest BCUT2D eigenvalue weighted by atomic mass is 79.9. The molecule has 1 N–H and O–H groups in total. The molecule has 2 aromatic rings. The van der Waals surface area contributed by atoms with Gasteiger partial charge >= 0.3 is 0 Å². The number of nitro benzene ring substituents is 1. The first-order valence-corrected chi connectivity index (χ1v) is 8.12. The molecule has 2 aromatic carbocycles. The van der Waals surface area contributed by atoms with Crippen LogP contribution in [-0.4, -0.2) is 16.1 Å². The lowest BCUT2D eigenvalue weighted by Crippen LogP contribution is -2.22. The van der Waals surface area contributed by atoms with E-state index in [1.807, 2.05) is 24.3 Å². The van der Waals surface area contributed by atoms with E-state index in [1.54, 1.807) is 19.1 Å². The van der Waals surface area contributed by atoms with Gasteiger partial charge in [-0.25, -0.2) is 0 Å². The van der Waals surface area contributed by atoms with Crippen LogP contribution in [-0.2, 0) is 4.79 Å². The molecule has 0 heterocycles. The summed E-state index contributed by atoms with van der Waals surface area (Å²) in [6, 6.07) is 13.7. The van der Waals surface area contributed by atoms with Crippen LogP contribution in [0.25, 0.3) is 0 Å². The summed E-state index contributed by atoms with van der Waals surface area (Å²) in [6.07, 6.45) is 0. The number of thioether (sulfide) groups is 1. The van der Waals surface area contributed by atoms with Crippen LogP contribution in [0.4, 0.5) is 11.4 Å². The summed E-state index contributed by atoms with van der Waals surface area (Å²) in [7, 11) is 0. The highest BCUT2D eigenvalue weighted by Gasteiger charge is 2.20. The Labute approximate surface area is 140 Å². The Morgan fingerprint density at radius 1 is 1.23 bits per heavy atom. The van der Waals surface area contributed by atoms with Crippen LogP contribution in [0, 0.1) is 10.1 Å². The average molecular weight is 381 g/mol. The van der Waals surface area contributed by atoms with E-state index >= 15 is 0 Å². The van der Waals surface area contributed by atoms with Crippen LogP contribution < -0.4 is 5.32 Å². The van der Waals surface area contributed by atoms with Gasteiger partial charge in [0, 0.05) is 15.4 Å². The van der Waals surface area contributed by atoms with Crippen LogP contribution in [0.15, 0.2) is 57.9 Å². The van der Waals surface area contributed by atoms with Crippen molar-refractivity contribution in [3.05, 3.63) is 63.1 Å². The van der Waals surface area contributed by atoms with E-state index in [0.717, 1.165) is 9.37 Å². The summed E-state index contributed by atoms with van der Waals surface area (Å²) in [5.41, 5.74) is 0.0889. The molecule has 0 radical (unpaired) electrons. The summed E-state index contributed by atoms with van der Waals surface area (Å²) in [6.45, 7) is 1.76. The molecule has 0 aliphatic carbocycles. The number of benzene rings is 2. The number of amides is 1. The van der Waals surface area contributed by atoms with E-state index < -0.39 is 10.2 Å². The van der Waals surface area contributed by atoms with Crippen molar-refractivity contribution in [2.75, 3.05) is 5.32 Å². The highest BCUT2D eigenvalue weighted by Crippen LogP contribution is 2.31. The van der Waals surface area contributed by atoms with Crippen molar-refractivity contribution >= 4 is 45.0 Å². The maximum Gasteiger partial charge on any atom is 0.292 e. The minimum Gasteiger partial charge on any atom is -0.319 e. The van der Waals surface area contributed by atoms with Crippen LogP contribution in [0.3, 0.4) is 0 Å². The number of halogens is 1. The van der Waals surface area contributed by atoms with Crippen molar-refractivity contribution in [3.63, 3.8) is 0 Å². The van der Waals surface area contributed by atoms with Gasteiger partial charge in [-0.3, -0.25) is 14.9 Å². The number of carbonyl (C=O) groups is 1. The van der Waals surface area contributed by atoms with Crippen molar-refractivity contribution in [1.29, 1.82) is 0 Å². The van der Waals surface area contributed by atoms with Gasteiger partial charge in [0.15, 0.2) is 0 Å². The van der Waals surface area contributed by atoms with Gasteiger partial charge in [0.2, 0.25) is 5.91 Å². The number of anilines is 1. The van der Waals surface area contributed by atoms with Crippen molar-refractivity contribution in [1.82, 2.24) is 0 Å². The summed E-state index contributed by atoms with van der Waals surface area (Å²) >= 11 is 4.81. The first-order valence-electron chi connectivity index (χ1n) is 6.44. The number of nitrogens with one attached hydrogen (secondary N) is 1. The van der Waals surface area contributed by atoms with Gasteiger partial charge < -0.3 is 5.32 Å². The fraction of sp³-hybridized carbons (Fsp3) is 0.133. The van der Waals surface area contributed by atoms with Gasteiger partial charge in [0.1, 0.15) is 5.69 Å². The molecule has 0 aliphatic heterocycles. The maximum absolute atomic E-state index is 12.2. The molecular weight excluding hydrogens is 368 g/mol. The number of nitro groups is 1. The molecule has 1 unspecified atom stereocenters. The Morgan fingerprint density at radius 2 is 1.86 bits per heavy atom. The summed E-state index contributed by atoms with van der Waals surface area (Å²) in [5, 5.41) is 13.2. The third-order valence-electron chi connectivity index (χ3n) is 2.87. The van der Waals surface area contributed by atoms with Crippen molar-refractivity contribution in [3.8, 4) is 0 Å². The van der Waals surface area contributed by atoms with Crippen molar-refractivity contribution in [2.45, 2.75) is 17.1 Å². The van der Waals surface area contributed by atoms with Crippen molar-refractivity contribution in [2.24, 2.45) is 0 Å².